The molecule has 0 unspecified atom stereocenters. The number of nitro benzene ring substituents is 2. The molecule has 0 aliphatic rings. The second kappa shape index (κ2) is 8.32. The van der Waals surface area contributed by atoms with E-state index in [1.807, 2.05) is 0 Å². The summed E-state index contributed by atoms with van der Waals surface area (Å²) in [5.74, 6) is 0.174. The molecule has 0 saturated carbocycles. The van der Waals surface area contributed by atoms with Crippen LogP contribution in [0, 0.1) is 26.1 Å². The first-order valence-electron chi connectivity index (χ1n) is 7.34. The van der Waals surface area contributed by atoms with Crippen LogP contribution in [0.15, 0.2) is 12.1 Å². The molecule has 0 fully saturated rings. The van der Waals surface area contributed by atoms with Crippen molar-refractivity contribution in [1.82, 2.24) is 0 Å². The predicted octanol–water partition coefficient (Wildman–Crippen LogP) is 4.61. The van der Waals surface area contributed by atoms with Gasteiger partial charge in [0.2, 0.25) is 0 Å². The van der Waals surface area contributed by atoms with Gasteiger partial charge in [-0.2, -0.15) is 13.2 Å². The van der Waals surface area contributed by atoms with Crippen LogP contribution in [0.2, 0.25) is 0 Å². The average Bonchev–Trinajstić information content (AvgIpc) is 2.48. The summed E-state index contributed by atoms with van der Waals surface area (Å²) in [6.45, 7) is 3.92. The zero-order valence-electron chi connectivity index (χ0n) is 13.5. The largest absolute Gasteiger partial charge is 0.416 e. The topological polar surface area (TPSA) is 89.5 Å². The lowest BCUT2D eigenvalue weighted by Crippen LogP contribution is -2.30. The number of hydrogen-bond acceptors (Lipinski definition) is 5. The van der Waals surface area contributed by atoms with Gasteiger partial charge in [-0.15, -0.1) is 11.6 Å². The van der Waals surface area contributed by atoms with Gasteiger partial charge < -0.3 is 4.90 Å². The number of alkyl halides is 4. The molecule has 1 aromatic rings. The third-order valence-corrected chi connectivity index (χ3v) is 3.52. The van der Waals surface area contributed by atoms with Crippen molar-refractivity contribution in [2.75, 3.05) is 23.9 Å². The maximum atomic E-state index is 12.9. The van der Waals surface area contributed by atoms with Gasteiger partial charge in [-0.3, -0.25) is 20.2 Å². The first kappa shape index (κ1) is 20.9. The first-order valence-corrected chi connectivity index (χ1v) is 7.87. The molecule has 0 heterocycles. The van der Waals surface area contributed by atoms with Crippen molar-refractivity contribution in [3.63, 3.8) is 0 Å². The zero-order chi connectivity index (χ0) is 19.4. The number of nitro groups is 2. The second-order valence-corrected chi connectivity index (χ2v) is 6.14. The van der Waals surface area contributed by atoms with Crippen LogP contribution in [0.1, 0.15) is 25.8 Å². The first-order chi connectivity index (χ1) is 11.5. The van der Waals surface area contributed by atoms with Gasteiger partial charge in [-0.05, 0) is 12.3 Å². The molecule has 0 spiro atoms. The molecule has 7 nitrogen and oxygen atoms in total. The van der Waals surface area contributed by atoms with Gasteiger partial charge in [-0.1, -0.05) is 13.8 Å². The molecule has 0 amide bonds. The van der Waals surface area contributed by atoms with E-state index in [1.54, 1.807) is 13.8 Å². The molecule has 0 bridgehead atoms. The monoisotopic (exact) mass is 383 g/mol. The number of benzene rings is 1. The van der Waals surface area contributed by atoms with Crippen LogP contribution < -0.4 is 4.90 Å². The van der Waals surface area contributed by atoms with E-state index in [1.165, 1.54) is 4.90 Å². The molecule has 25 heavy (non-hydrogen) atoms. The molecule has 11 heteroatoms. The van der Waals surface area contributed by atoms with Gasteiger partial charge in [0, 0.05) is 31.1 Å². The summed E-state index contributed by atoms with van der Waals surface area (Å²) >= 11 is 5.62. The fraction of sp³-hybridized carbons (Fsp3) is 0.571. The number of hydrogen-bond donors (Lipinski definition) is 0. The highest BCUT2D eigenvalue weighted by atomic mass is 35.5. The van der Waals surface area contributed by atoms with Crippen molar-refractivity contribution >= 4 is 28.7 Å². The molecular formula is C14H17ClF3N3O4. The Kier molecular flexibility index (Phi) is 6.97. The summed E-state index contributed by atoms with van der Waals surface area (Å²) in [7, 11) is 0. The minimum atomic E-state index is -4.94. The maximum Gasteiger partial charge on any atom is 0.416 e. The van der Waals surface area contributed by atoms with E-state index in [-0.39, 0.29) is 24.9 Å². The van der Waals surface area contributed by atoms with Crippen molar-refractivity contribution in [2.45, 2.75) is 26.4 Å². The predicted molar refractivity (Wildman–Crippen MR) is 87.1 cm³/mol. The van der Waals surface area contributed by atoms with E-state index in [0.717, 1.165) is 0 Å². The Hall–Kier alpha value is -2.10. The molecule has 0 saturated heterocycles. The maximum absolute atomic E-state index is 12.9. The Morgan fingerprint density at radius 1 is 1.16 bits per heavy atom. The Morgan fingerprint density at radius 3 is 1.96 bits per heavy atom. The summed E-state index contributed by atoms with van der Waals surface area (Å²) < 4.78 is 38.8. The third-order valence-electron chi connectivity index (χ3n) is 3.25. The highest BCUT2D eigenvalue weighted by molar-refractivity contribution is 6.17. The molecule has 0 aliphatic carbocycles. The third kappa shape index (κ3) is 5.45. The normalized spacial score (nSPS) is 11.6. The fourth-order valence-electron chi connectivity index (χ4n) is 2.36. The number of nitrogens with zero attached hydrogens (tertiary/aromatic N) is 3. The Balaban J connectivity index is 3.67. The van der Waals surface area contributed by atoms with E-state index in [0.29, 0.717) is 18.6 Å². The van der Waals surface area contributed by atoms with Crippen LogP contribution in [0.5, 0.6) is 0 Å². The summed E-state index contributed by atoms with van der Waals surface area (Å²) in [6, 6.07) is 0.659. The van der Waals surface area contributed by atoms with Crippen molar-refractivity contribution in [2.24, 2.45) is 5.92 Å². The summed E-state index contributed by atoms with van der Waals surface area (Å²) in [4.78, 5) is 21.9. The molecular weight excluding hydrogens is 367 g/mol. The summed E-state index contributed by atoms with van der Waals surface area (Å²) in [6.07, 6.45) is -4.57. The number of anilines is 1. The van der Waals surface area contributed by atoms with Gasteiger partial charge >= 0.3 is 6.18 Å². The standard InChI is InChI=1S/C14H17ClF3N3O4/c1-9(2)8-19(5-3-4-15)13-11(20(22)23)6-10(14(16,17)18)7-12(13)21(24)25/h6-7,9H,3-5,8H2,1-2H3. The number of halogens is 4. The molecule has 0 atom stereocenters. The van der Waals surface area contributed by atoms with E-state index >= 15 is 0 Å². The highest BCUT2D eigenvalue weighted by Gasteiger charge is 2.39. The molecule has 1 rings (SSSR count). The Labute approximate surface area is 146 Å². The molecule has 0 aromatic heterocycles. The average molecular weight is 384 g/mol. The van der Waals surface area contributed by atoms with Crippen LogP contribution >= 0.6 is 11.6 Å². The minimum absolute atomic E-state index is 0.0307. The fourth-order valence-corrected chi connectivity index (χ4v) is 2.48. The molecule has 140 valence electrons. The van der Waals surface area contributed by atoms with Crippen LogP contribution in [0.4, 0.5) is 30.2 Å². The zero-order valence-corrected chi connectivity index (χ0v) is 14.3. The van der Waals surface area contributed by atoms with Crippen molar-refractivity contribution < 1.29 is 23.0 Å². The van der Waals surface area contributed by atoms with Gasteiger partial charge in [0.1, 0.15) is 0 Å². The van der Waals surface area contributed by atoms with Gasteiger partial charge in [0.15, 0.2) is 5.69 Å². The number of rotatable bonds is 8. The second-order valence-electron chi connectivity index (χ2n) is 5.76. The van der Waals surface area contributed by atoms with Gasteiger partial charge in [0.25, 0.3) is 11.4 Å². The quantitative estimate of drug-likeness (QED) is 0.371. The van der Waals surface area contributed by atoms with E-state index in [9.17, 15) is 33.4 Å². The van der Waals surface area contributed by atoms with Crippen molar-refractivity contribution in [3.8, 4) is 0 Å². The van der Waals surface area contributed by atoms with Crippen LogP contribution in [-0.2, 0) is 6.18 Å². The Morgan fingerprint density at radius 2 is 1.64 bits per heavy atom. The van der Waals surface area contributed by atoms with Crippen LogP contribution in [0.3, 0.4) is 0 Å². The van der Waals surface area contributed by atoms with Crippen molar-refractivity contribution in [3.05, 3.63) is 37.9 Å². The van der Waals surface area contributed by atoms with E-state index in [4.69, 9.17) is 11.6 Å². The lowest BCUT2D eigenvalue weighted by molar-refractivity contribution is -0.393. The Bertz CT molecular complexity index is 618. The van der Waals surface area contributed by atoms with Gasteiger partial charge in [-0.25, -0.2) is 0 Å². The highest BCUT2D eigenvalue weighted by Crippen LogP contribution is 2.43. The lowest BCUT2D eigenvalue weighted by atomic mass is 10.1. The molecule has 1 aromatic carbocycles. The molecule has 0 aliphatic heterocycles. The summed E-state index contributed by atoms with van der Waals surface area (Å²) in [5, 5.41) is 22.6. The SMILES string of the molecule is CC(C)CN(CCCCl)c1c([N+](=O)[O-])cc(C(F)(F)F)cc1[N+](=O)[O-]. The minimum Gasteiger partial charge on any atom is -0.360 e. The van der Waals surface area contributed by atoms with Crippen LogP contribution in [0.25, 0.3) is 0 Å². The van der Waals surface area contributed by atoms with Gasteiger partial charge in [0.05, 0.1) is 15.4 Å². The van der Waals surface area contributed by atoms with E-state index in [2.05, 4.69) is 0 Å². The van der Waals surface area contributed by atoms with Crippen molar-refractivity contribution in [1.29, 1.82) is 0 Å². The van der Waals surface area contributed by atoms with Crippen LogP contribution in [-0.4, -0.2) is 28.8 Å². The molecule has 0 N–H and O–H groups in total. The smallest absolute Gasteiger partial charge is 0.360 e. The summed E-state index contributed by atoms with van der Waals surface area (Å²) in [5.41, 5.74) is -3.76. The molecule has 0 radical (unpaired) electrons. The lowest BCUT2D eigenvalue weighted by Gasteiger charge is -2.26. The van der Waals surface area contributed by atoms with E-state index < -0.39 is 38.6 Å².